The molecule has 1 fully saturated rings. The van der Waals surface area contributed by atoms with Crippen LogP contribution in [-0.2, 0) is 6.54 Å². The van der Waals surface area contributed by atoms with Crippen molar-refractivity contribution in [1.82, 2.24) is 15.6 Å². The minimum Gasteiger partial charge on any atom is -0.444 e. The van der Waals surface area contributed by atoms with Crippen LogP contribution in [0.3, 0.4) is 0 Å². The fourth-order valence-electron chi connectivity index (χ4n) is 2.18. The summed E-state index contributed by atoms with van der Waals surface area (Å²) in [6.45, 7) is 2.91. The quantitative estimate of drug-likeness (QED) is 0.859. The van der Waals surface area contributed by atoms with Gasteiger partial charge < -0.3 is 15.1 Å². The third-order valence-corrected chi connectivity index (χ3v) is 3.20. The fourth-order valence-corrected chi connectivity index (χ4v) is 2.18. The van der Waals surface area contributed by atoms with Crippen LogP contribution in [-0.4, -0.2) is 24.1 Å². The van der Waals surface area contributed by atoms with E-state index < -0.39 is 0 Å². The molecule has 2 aromatic rings. The van der Waals surface area contributed by atoms with E-state index in [4.69, 9.17) is 4.42 Å². The number of oxazole rings is 1. The molecule has 1 aliphatic rings. The zero-order valence-electron chi connectivity index (χ0n) is 10.2. The zero-order chi connectivity index (χ0) is 12.2. The number of nitrogens with zero attached hydrogens (tertiary/aromatic N) is 1. The topological polar surface area (TPSA) is 50.1 Å². The van der Waals surface area contributed by atoms with E-state index in [1.165, 1.54) is 6.42 Å². The summed E-state index contributed by atoms with van der Waals surface area (Å²) in [5.74, 6) is 0.692. The normalized spacial score (nSPS) is 19.2. The van der Waals surface area contributed by atoms with Gasteiger partial charge in [-0.15, -0.1) is 0 Å². The zero-order valence-corrected chi connectivity index (χ0v) is 10.2. The summed E-state index contributed by atoms with van der Waals surface area (Å²) >= 11 is 0. The number of hydrogen-bond donors (Lipinski definition) is 2. The van der Waals surface area contributed by atoms with Crippen LogP contribution in [0, 0.1) is 0 Å². The molecule has 1 aromatic carbocycles. The molecule has 2 heterocycles. The summed E-state index contributed by atoms with van der Waals surface area (Å²) in [5, 5.41) is 6.81. The van der Waals surface area contributed by atoms with Crippen molar-refractivity contribution < 1.29 is 4.42 Å². The van der Waals surface area contributed by atoms with E-state index >= 15 is 0 Å². The van der Waals surface area contributed by atoms with E-state index in [1.54, 1.807) is 6.26 Å². The first kappa shape index (κ1) is 11.4. The second-order valence-electron chi connectivity index (χ2n) is 4.58. The van der Waals surface area contributed by atoms with Crippen LogP contribution in [0.15, 0.2) is 41.0 Å². The molecule has 4 heteroatoms. The lowest BCUT2D eigenvalue weighted by molar-refractivity contribution is 0.536. The highest BCUT2D eigenvalue weighted by Gasteiger charge is 2.14. The summed E-state index contributed by atoms with van der Waals surface area (Å²) in [7, 11) is 0. The van der Waals surface area contributed by atoms with Gasteiger partial charge in [-0.1, -0.05) is 18.2 Å². The molecule has 3 rings (SSSR count). The van der Waals surface area contributed by atoms with Crippen LogP contribution in [0.2, 0.25) is 0 Å². The molecule has 0 bridgehead atoms. The molecule has 0 radical (unpaired) electrons. The Labute approximate surface area is 106 Å². The van der Waals surface area contributed by atoms with E-state index in [-0.39, 0.29) is 0 Å². The SMILES string of the molecule is c1ccc(-c2nc(CNC3CCNC3)co2)cc1. The third-order valence-electron chi connectivity index (χ3n) is 3.20. The average molecular weight is 243 g/mol. The molecular formula is C14H17N3O. The Morgan fingerprint density at radius 2 is 2.22 bits per heavy atom. The highest BCUT2D eigenvalue weighted by Crippen LogP contribution is 2.17. The Morgan fingerprint density at radius 3 is 3.00 bits per heavy atom. The molecule has 0 spiro atoms. The predicted molar refractivity (Wildman–Crippen MR) is 70.1 cm³/mol. The van der Waals surface area contributed by atoms with Crippen molar-refractivity contribution in [3.05, 3.63) is 42.3 Å². The van der Waals surface area contributed by atoms with Crippen LogP contribution in [0.4, 0.5) is 0 Å². The van der Waals surface area contributed by atoms with Gasteiger partial charge in [-0.2, -0.15) is 0 Å². The predicted octanol–water partition coefficient (Wildman–Crippen LogP) is 1.79. The van der Waals surface area contributed by atoms with Crippen molar-refractivity contribution >= 4 is 0 Å². The second-order valence-corrected chi connectivity index (χ2v) is 4.58. The van der Waals surface area contributed by atoms with Gasteiger partial charge in [0.15, 0.2) is 0 Å². The summed E-state index contributed by atoms with van der Waals surface area (Å²) in [6, 6.07) is 10.5. The van der Waals surface area contributed by atoms with Gasteiger partial charge in [-0.3, -0.25) is 0 Å². The number of aromatic nitrogens is 1. The van der Waals surface area contributed by atoms with Crippen molar-refractivity contribution in [3.8, 4) is 11.5 Å². The first-order valence-electron chi connectivity index (χ1n) is 6.36. The van der Waals surface area contributed by atoms with Crippen molar-refractivity contribution in [1.29, 1.82) is 0 Å². The lowest BCUT2D eigenvalue weighted by Crippen LogP contribution is -2.30. The number of benzene rings is 1. The van der Waals surface area contributed by atoms with Crippen LogP contribution >= 0.6 is 0 Å². The van der Waals surface area contributed by atoms with Crippen LogP contribution in [0.1, 0.15) is 12.1 Å². The lowest BCUT2D eigenvalue weighted by atomic mass is 10.2. The Kier molecular flexibility index (Phi) is 3.39. The maximum Gasteiger partial charge on any atom is 0.226 e. The summed E-state index contributed by atoms with van der Waals surface area (Å²) in [5.41, 5.74) is 1.98. The van der Waals surface area contributed by atoms with E-state index in [0.29, 0.717) is 11.9 Å². The van der Waals surface area contributed by atoms with Gasteiger partial charge in [0.2, 0.25) is 5.89 Å². The molecule has 1 saturated heterocycles. The third kappa shape index (κ3) is 2.60. The smallest absolute Gasteiger partial charge is 0.226 e. The van der Waals surface area contributed by atoms with Gasteiger partial charge in [0.05, 0.1) is 5.69 Å². The molecule has 1 atom stereocenters. The molecule has 0 saturated carbocycles. The minimum absolute atomic E-state index is 0.557. The van der Waals surface area contributed by atoms with Crippen molar-refractivity contribution in [2.45, 2.75) is 19.0 Å². The van der Waals surface area contributed by atoms with Gasteiger partial charge in [-0.25, -0.2) is 4.98 Å². The standard InChI is InChI=1S/C14H17N3O/c1-2-4-11(5-3-1)14-17-13(10-18-14)9-16-12-6-7-15-8-12/h1-5,10,12,15-16H,6-9H2. The summed E-state index contributed by atoms with van der Waals surface area (Å²) in [4.78, 5) is 4.49. The molecule has 1 unspecified atom stereocenters. The molecule has 2 N–H and O–H groups in total. The number of nitrogens with one attached hydrogen (secondary N) is 2. The Morgan fingerprint density at radius 1 is 1.33 bits per heavy atom. The molecule has 1 aliphatic heterocycles. The molecular weight excluding hydrogens is 226 g/mol. The first-order valence-corrected chi connectivity index (χ1v) is 6.36. The summed E-state index contributed by atoms with van der Waals surface area (Å²) in [6.07, 6.45) is 2.92. The maximum atomic E-state index is 5.50. The van der Waals surface area contributed by atoms with Gasteiger partial charge in [-0.05, 0) is 25.1 Å². The maximum absolute atomic E-state index is 5.50. The highest BCUT2D eigenvalue weighted by atomic mass is 16.3. The highest BCUT2D eigenvalue weighted by molar-refractivity contribution is 5.52. The Balaban J connectivity index is 1.63. The van der Waals surface area contributed by atoms with Crippen LogP contribution < -0.4 is 10.6 Å². The van der Waals surface area contributed by atoms with Crippen molar-refractivity contribution in [3.63, 3.8) is 0 Å². The second kappa shape index (κ2) is 5.33. The Bertz CT molecular complexity index is 489. The van der Waals surface area contributed by atoms with E-state index in [9.17, 15) is 0 Å². The Hall–Kier alpha value is -1.65. The van der Waals surface area contributed by atoms with Crippen molar-refractivity contribution in [2.75, 3.05) is 13.1 Å². The molecule has 0 amide bonds. The van der Waals surface area contributed by atoms with Crippen LogP contribution in [0.5, 0.6) is 0 Å². The van der Waals surface area contributed by atoms with Crippen molar-refractivity contribution in [2.24, 2.45) is 0 Å². The van der Waals surface area contributed by atoms with E-state index in [1.807, 2.05) is 30.3 Å². The largest absolute Gasteiger partial charge is 0.444 e. The first-order chi connectivity index (χ1) is 8.92. The molecule has 94 valence electrons. The van der Waals surface area contributed by atoms with Gasteiger partial charge in [0.25, 0.3) is 0 Å². The van der Waals surface area contributed by atoms with Gasteiger partial charge >= 0.3 is 0 Å². The lowest BCUT2D eigenvalue weighted by Gasteiger charge is -2.08. The molecule has 0 aliphatic carbocycles. The van der Waals surface area contributed by atoms with Gasteiger partial charge in [0.1, 0.15) is 6.26 Å². The minimum atomic E-state index is 0.557. The van der Waals surface area contributed by atoms with E-state index in [0.717, 1.165) is 30.9 Å². The monoisotopic (exact) mass is 243 g/mol. The molecule has 18 heavy (non-hydrogen) atoms. The molecule has 4 nitrogen and oxygen atoms in total. The average Bonchev–Trinajstić information content (AvgIpc) is 3.09. The van der Waals surface area contributed by atoms with Crippen LogP contribution in [0.25, 0.3) is 11.5 Å². The number of hydrogen-bond acceptors (Lipinski definition) is 4. The fraction of sp³-hybridized carbons (Fsp3) is 0.357. The van der Waals surface area contributed by atoms with E-state index in [2.05, 4.69) is 15.6 Å². The molecule has 1 aromatic heterocycles. The van der Waals surface area contributed by atoms with Gasteiger partial charge in [0, 0.05) is 24.7 Å². The number of rotatable bonds is 4. The summed E-state index contributed by atoms with van der Waals surface area (Å²) < 4.78 is 5.50.